The Morgan fingerprint density at radius 2 is 1.86 bits per heavy atom. The van der Waals surface area contributed by atoms with Gasteiger partial charge in [0.2, 0.25) is 5.91 Å². The second-order valence-electron chi connectivity index (χ2n) is 6.12. The molecule has 4 heteroatoms. The fourth-order valence-corrected chi connectivity index (χ4v) is 2.28. The van der Waals surface area contributed by atoms with Crippen molar-refractivity contribution < 1.29 is 9.59 Å². The average molecular weight is 304 g/mol. The molecule has 0 aromatic heterocycles. The van der Waals surface area contributed by atoms with E-state index in [0.717, 1.165) is 18.4 Å². The first-order chi connectivity index (χ1) is 10.5. The van der Waals surface area contributed by atoms with Crippen LogP contribution < -0.4 is 10.6 Å². The highest BCUT2D eigenvalue weighted by molar-refractivity contribution is 5.98. The fraction of sp³-hybridized carbons (Fsp3) is 0.556. The van der Waals surface area contributed by atoms with Crippen molar-refractivity contribution in [1.82, 2.24) is 10.6 Å². The van der Waals surface area contributed by atoms with Gasteiger partial charge < -0.3 is 10.6 Å². The highest BCUT2D eigenvalue weighted by atomic mass is 16.2. The summed E-state index contributed by atoms with van der Waals surface area (Å²) in [6, 6.07) is 6.93. The number of rotatable bonds is 8. The summed E-state index contributed by atoms with van der Waals surface area (Å²) in [5.74, 6) is 0.0533. The Balaban J connectivity index is 2.74. The molecule has 1 aromatic carbocycles. The summed E-state index contributed by atoms with van der Waals surface area (Å²) in [5.41, 5.74) is 1.53. The maximum Gasteiger partial charge on any atom is 0.252 e. The zero-order valence-corrected chi connectivity index (χ0v) is 14.1. The van der Waals surface area contributed by atoms with Gasteiger partial charge in [-0.25, -0.2) is 0 Å². The molecule has 0 saturated heterocycles. The zero-order valence-electron chi connectivity index (χ0n) is 14.1. The van der Waals surface area contributed by atoms with Crippen LogP contribution in [0.4, 0.5) is 0 Å². The molecule has 1 aromatic rings. The molecule has 0 aliphatic rings. The second-order valence-corrected chi connectivity index (χ2v) is 6.12. The van der Waals surface area contributed by atoms with Gasteiger partial charge in [-0.3, -0.25) is 9.59 Å². The maximum atomic E-state index is 12.4. The van der Waals surface area contributed by atoms with Gasteiger partial charge in [0.25, 0.3) is 5.91 Å². The number of benzene rings is 1. The average Bonchev–Trinajstić information content (AvgIpc) is 2.46. The number of carbonyl (C=O) groups is 2. The van der Waals surface area contributed by atoms with E-state index < -0.39 is 6.04 Å². The zero-order chi connectivity index (χ0) is 16.5. The smallest absolute Gasteiger partial charge is 0.252 e. The van der Waals surface area contributed by atoms with E-state index in [-0.39, 0.29) is 11.8 Å². The Morgan fingerprint density at radius 3 is 2.45 bits per heavy atom. The molecule has 0 aliphatic heterocycles. The molecule has 22 heavy (non-hydrogen) atoms. The summed E-state index contributed by atoms with van der Waals surface area (Å²) >= 11 is 0. The van der Waals surface area contributed by atoms with Crippen LogP contribution in [0.3, 0.4) is 0 Å². The minimum Gasteiger partial charge on any atom is -0.354 e. The number of unbranched alkanes of at least 4 members (excludes halogenated alkanes) is 1. The number of nitrogens with one attached hydrogen (secondary N) is 2. The maximum absolute atomic E-state index is 12.4. The van der Waals surface area contributed by atoms with Gasteiger partial charge in [-0.05, 0) is 37.3 Å². The minimum absolute atomic E-state index is 0.0934. The lowest BCUT2D eigenvalue weighted by Crippen LogP contribution is -2.47. The van der Waals surface area contributed by atoms with E-state index >= 15 is 0 Å². The van der Waals surface area contributed by atoms with Gasteiger partial charge in [0.05, 0.1) is 0 Å². The lowest BCUT2D eigenvalue weighted by atomic mass is 10.0. The molecule has 0 fully saturated rings. The van der Waals surface area contributed by atoms with E-state index in [4.69, 9.17) is 0 Å². The normalized spacial score (nSPS) is 12.0. The molecule has 0 bridgehead atoms. The van der Waals surface area contributed by atoms with Gasteiger partial charge in [-0.2, -0.15) is 0 Å². The van der Waals surface area contributed by atoms with Crippen LogP contribution in [0.2, 0.25) is 0 Å². The quantitative estimate of drug-likeness (QED) is 0.725. The highest BCUT2D eigenvalue weighted by Gasteiger charge is 2.22. The first-order valence-electron chi connectivity index (χ1n) is 8.09. The molecule has 0 saturated carbocycles. The number of hydrogen-bond donors (Lipinski definition) is 2. The number of amides is 2. The summed E-state index contributed by atoms with van der Waals surface area (Å²) in [4.78, 5) is 24.7. The van der Waals surface area contributed by atoms with Crippen LogP contribution >= 0.6 is 0 Å². The third-order valence-electron chi connectivity index (χ3n) is 3.55. The number of aryl methyl sites for hydroxylation is 1. The SMILES string of the molecule is CCCCNC(=O)C(CC(C)C)NC(=O)c1ccccc1C. The summed E-state index contributed by atoms with van der Waals surface area (Å²) < 4.78 is 0. The summed E-state index contributed by atoms with van der Waals surface area (Å²) in [7, 11) is 0. The molecule has 4 nitrogen and oxygen atoms in total. The predicted octanol–water partition coefficient (Wildman–Crippen LogP) is 3.06. The fourth-order valence-electron chi connectivity index (χ4n) is 2.28. The van der Waals surface area contributed by atoms with E-state index in [1.165, 1.54) is 0 Å². The van der Waals surface area contributed by atoms with E-state index in [9.17, 15) is 9.59 Å². The second kappa shape index (κ2) is 9.23. The molecule has 2 amide bonds. The van der Waals surface area contributed by atoms with E-state index in [1.807, 2.05) is 39.0 Å². The standard InChI is InChI=1S/C18H28N2O2/c1-5-6-11-19-18(22)16(12-13(2)3)20-17(21)15-10-8-7-9-14(15)4/h7-10,13,16H,5-6,11-12H2,1-4H3,(H,19,22)(H,20,21). The Kier molecular flexibility index (Phi) is 7.64. The molecular weight excluding hydrogens is 276 g/mol. The van der Waals surface area contributed by atoms with Crippen LogP contribution in [0.15, 0.2) is 24.3 Å². The minimum atomic E-state index is -0.482. The molecule has 1 unspecified atom stereocenters. The lowest BCUT2D eigenvalue weighted by molar-refractivity contribution is -0.123. The summed E-state index contributed by atoms with van der Waals surface area (Å²) in [6.45, 7) is 8.73. The highest BCUT2D eigenvalue weighted by Crippen LogP contribution is 2.10. The number of hydrogen-bond acceptors (Lipinski definition) is 2. The molecule has 0 heterocycles. The van der Waals surface area contributed by atoms with Gasteiger partial charge in [0.1, 0.15) is 6.04 Å². The first kappa shape index (κ1) is 18.2. The summed E-state index contributed by atoms with van der Waals surface area (Å²) in [6.07, 6.45) is 2.62. The Hall–Kier alpha value is -1.84. The van der Waals surface area contributed by atoms with Crippen molar-refractivity contribution in [2.45, 2.75) is 53.0 Å². The van der Waals surface area contributed by atoms with Crippen LogP contribution in [-0.2, 0) is 4.79 Å². The molecule has 122 valence electrons. The van der Waals surface area contributed by atoms with Gasteiger partial charge in [-0.15, -0.1) is 0 Å². The van der Waals surface area contributed by atoms with Crippen LogP contribution in [-0.4, -0.2) is 24.4 Å². The van der Waals surface area contributed by atoms with Crippen LogP contribution in [0.25, 0.3) is 0 Å². The van der Waals surface area contributed by atoms with E-state index in [2.05, 4.69) is 17.6 Å². The van der Waals surface area contributed by atoms with Crippen LogP contribution in [0.1, 0.15) is 56.0 Å². The van der Waals surface area contributed by atoms with Gasteiger partial charge in [-0.1, -0.05) is 45.4 Å². The topological polar surface area (TPSA) is 58.2 Å². The van der Waals surface area contributed by atoms with Crippen molar-refractivity contribution in [3.05, 3.63) is 35.4 Å². The largest absolute Gasteiger partial charge is 0.354 e. The molecule has 0 spiro atoms. The first-order valence-corrected chi connectivity index (χ1v) is 8.09. The molecule has 0 radical (unpaired) electrons. The van der Waals surface area contributed by atoms with Gasteiger partial charge in [0, 0.05) is 12.1 Å². The van der Waals surface area contributed by atoms with Crippen molar-refractivity contribution in [2.75, 3.05) is 6.54 Å². The van der Waals surface area contributed by atoms with Crippen molar-refractivity contribution >= 4 is 11.8 Å². The molecular formula is C18H28N2O2. The van der Waals surface area contributed by atoms with E-state index in [1.54, 1.807) is 6.07 Å². The Labute approximate surface area is 133 Å². The van der Waals surface area contributed by atoms with Gasteiger partial charge in [0.15, 0.2) is 0 Å². The molecule has 1 rings (SSSR count). The Morgan fingerprint density at radius 1 is 1.18 bits per heavy atom. The van der Waals surface area contributed by atoms with Crippen molar-refractivity contribution in [1.29, 1.82) is 0 Å². The Bertz CT molecular complexity index is 498. The predicted molar refractivity (Wildman–Crippen MR) is 89.8 cm³/mol. The van der Waals surface area contributed by atoms with Gasteiger partial charge >= 0.3 is 0 Å². The van der Waals surface area contributed by atoms with Crippen LogP contribution in [0, 0.1) is 12.8 Å². The molecule has 0 aliphatic carbocycles. The number of carbonyl (C=O) groups excluding carboxylic acids is 2. The monoisotopic (exact) mass is 304 g/mol. The van der Waals surface area contributed by atoms with Crippen molar-refractivity contribution in [3.8, 4) is 0 Å². The third kappa shape index (κ3) is 5.88. The molecule has 2 N–H and O–H groups in total. The van der Waals surface area contributed by atoms with Crippen LogP contribution in [0.5, 0.6) is 0 Å². The third-order valence-corrected chi connectivity index (χ3v) is 3.55. The molecule has 1 atom stereocenters. The summed E-state index contributed by atoms with van der Waals surface area (Å²) in [5, 5.41) is 5.79. The van der Waals surface area contributed by atoms with Crippen molar-refractivity contribution in [3.63, 3.8) is 0 Å². The van der Waals surface area contributed by atoms with E-state index in [0.29, 0.717) is 24.4 Å². The lowest BCUT2D eigenvalue weighted by Gasteiger charge is -2.20. The van der Waals surface area contributed by atoms with Crippen molar-refractivity contribution in [2.24, 2.45) is 5.92 Å².